The molecule has 1 fully saturated rings. The summed E-state index contributed by atoms with van der Waals surface area (Å²) in [6.45, 7) is 4.11. The van der Waals surface area contributed by atoms with E-state index in [9.17, 15) is 4.79 Å². The highest BCUT2D eigenvalue weighted by Crippen LogP contribution is 2.18. The minimum absolute atomic E-state index is 0.112. The molecule has 0 aliphatic carbocycles. The van der Waals surface area contributed by atoms with Crippen molar-refractivity contribution in [1.82, 2.24) is 25.9 Å². The van der Waals surface area contributed by atoms with Gasteiger partial charge in [0.1, 0.15) is 6.04 Å². The number of rotatable bonds is 7. The maximum atomic E-state index is 12.0. The van der Waals surface area contributed by atoms with Crippen LogP contribution >= 0.6 is 0 Å². The third-order valence-electron chi connectivity index (χ3n) is 4.07. The highest BCUT2D eigenvalue weighted by Gasteiger charge is 2.34. The van der Waals surface area contributed by atoms with E-state index in [1.165, 1.54) is 0 Å². The van der Waals surface area contributed by atoms with Crippen molar-refractivity contribution in [3.8, 4) is 11.5 Å². The zero-order valence-corrected chi connectivity index (χ0v) is 14.4. The molecule has 2 aromatic rings. The van der Waals surface area contributed by atoms with E-state index in [-0.39, 0.29) is 17.9 Å². The summed E-state index contributed by atoms with van der Waals surface area (Å²) in [6, 6.07) is 9.33. The fraction of sp³-hybridized carbons (Fsp3) is 0.471. The van der Waals surface area contributed by atoms with E-state index >= 15 is 0 Å². The SMILES string of the molecule is CCOC(=O)C1NNCC1CN(C)Cc1nnc(-c2ccccc2)o1. The van der Waals surface area contributed by atoms with Crippen LogP contribution in [0.3, 0.4) is 0 Å². The number of carbonyl (C=O) groups excluding carboxylic acids is 1. The Morgan fingerprint density at radius 2 is 2.16 bits per heavy atom. The van der Waals surface area contributed by atoms with Gasteiger partial charge in [-0.1, -0.05) is 18.2 Å². The van der Waals surface area contributed by atoms with Gasteiger partial charge in [-0.2, -0.15) is 0 Å². The molecule has 8 heteroatoms. The van der Waals surface area contributed by atoms with E-state index in [0.717, 1.165) is 5.56 Å². The van der Waals surface area contributed by atoms with Gasteiger partial charge in [-0.15, -0.1) is 10.2 Å². The second-order valence-electron chi connectivity index (χ2n) is 6.08. The number of esters is 1. The molecule has 2 heterocycles. The Morgan fingerprint density at radius 3 is 2.92 bits per heavy atom. The maximum absolute atomic E-state index is 12.0. The highest BCUT2D eigenvalue weighted by atomic mass is 16.5. The monoisotopic (exact) mass is 345 g/mol. The number of benzene rings is 1. The molecule has 0 amide bonds. The number of nitrogens with one attached hydrogen (secondary N) is 2. The smallest absolute Gasteiger partial charge is 0.324 e. The summed E-state index contributed by atoms with van der Waals surface area (Å²) < 4.78 is 10.8. The third kappa shape index (κ3) is 4.41. The van der Waals surface area contributed by atoms with Crippen molar-refractivity contribution in [3.63, 3.8) is 0 Å². The molecule has 134 valence electrons. The fourth-order valence-electron chi connectivity index (χ4n) is 2.90. The van der Waals surface area contributed by atoms with Crippen LogP contribution in [0.1, 0.15) is 12.8 Å². The molecular formula is C17H23N5O3. The molecule has 1 saturated heterocycles. The summed E-state index contributed by atoms with van der Waals surface area (Å²) in [6.07, 6.45) is 0. The molecule has 0 radical (unpaired) electrons. The first-order chi connectivity index (χ1) is 12.2. The number of hydrogen-bond donors (Lipinski definition) is 2. The normalized spacial score (nSPS) is 20.1. The van der Waals surface area contributed by atoms with Crippen molar-refractivity contribution in [2.45, 2.75) is 19.5 Å². The average Bonchev–Trinajstić information content (AvgIpc) is 3.25. The Bertz CT molecular complexity index is 691. The maximum Gasteiger partial charge on any atom is 0.324 e. The molecule has 1 aliphatic heterocycles. The standard InChI is InChI=1S/C17H23N5O3/c1-3-24-17(23)15-13(9-18-20-15)10-22(2)11-14-19-21-16(25-14)12-7-5-4-6-8-12/h4-8,13,15,18,20H,3,9-11H2,1-2H3. The molecule has 2 unspecified atom stereocenters. The Kier molecular flexibility index (Phi) is 5.75. The number of nitrogens with zero attached hydrogens (tertiary/aromatic N) is 3. The summed E-state index contributed by atoms with van der Waals surface area (Å²) in [5, 5.41) is 8.21. The van der Waals surface area contributed by atoms with Crippen LogP contribution in [0, 0.1) is 5.92 Å². The van der Waals surface area contributed by atoms with Gasteiger partial charge in [0.2, 0.25) is 11.8 Å². The highest BCUT2D eigenvalue weighted by molar-refractivity contribution is 5.76. The molecular weight excluding hydrogens is 322 g/mol. The summed E-state index contributed by atoms with van der Waals surface area (Å²) in [5.74, 6) is 0.946. The van der Waals surface area contributed by atoms with E-state index in [1.807, 2.05) is 37.4 Å². The molecule has 0 saturated carbocycles. The van der Waals surface area contributed by atoms with Gasteiger partial charge in [-0.3, -0.25) is 15.1 Å². The zero-order valence-electron chi connectivity index (χ0n) is 14.4. The van der Waals surface area contributed by atoms with Gasteiger partial charge in [0.15, 0.2) is 0 Å². The second-order valence-corrected chi connectivity index (χ2v) is 6.08. The minimum atomic E-state index is -0.343. The van der Waals surface area contributed by atoms with Crippen molar-refractivity contribution >= 4 is 5.97 Å². The summed E-state index contributed by atoms with van der Waals surface area (Å²) in [5.41, 5.74) is 6.91. The molecule has 2 N–H and O–H groups in total. The lowest BCUT2D eigenvalue weighted by Gasteiger charge is -2.22. The molecule has 1 aliphatic rings. The van der Waals surface area contributed by atoms with Crippen LogP contribution in [0.5, 0.6) is 0 Å². The topological polar surface area (TPSA) is 92.5 Å². The Hall–Kier alpha value is -2.29. The lowest BCUT2D eigenvalue weighted by molar-refractivity contribution is -0.146. The first-order valence-electron chi connectivity index (χ1n) is 8.38. The van der Waals surface area contributed by atoms with Gasteiger partial charge in [0.05, 0.1) is 13.2 Å². The van der Waals surface area contributed by atoms with Crippen molar-refractivity contribution in [3.05, 3.63) is 36.2 Å². The first-order valence-corrected chi connectivity index (χ1v) is 8.38. The van der Waals surface area contributed by atoms with Gasteiger partial charge in [0.25, 0.3) is 0 Å². The molecule has 2 atom stereocenters. The van der Waals surface area contributed by atoms with Crippen molar-refractivity contribution in [1.29, 1.82) is 0 Å². The predicted molar refractivity (Wildman–Crippen MR) is 91.1 cm³/mol. The second kappa shape index (κ2) is 8.19. The fourth-order valence-corrected chi connectivity index (χ4v) is 2.90. The van der Waals surface area contributed by atoms with Crippen LogP contribution in [0.25, 0.3) is 11.5 Å². The number of hydrogen-bond acceptors (Lipinski definition) is 8. The zero-order chi connectivity index (χ0) is 17.6. The Labute approximate surface area is 146 Å². The van der Waals surface area contributed by atoms with E-state index in [4.69, 9.17) is 9.15 Å². The molecule has 1 aromatic carbocycles. The Morgan fingerprint density at radius 1 is 1.36 bits per heavy atom. The minimum Gasteiger partial charge on any atom is -0.465 e. The lowest BCUT2D eigenvalue weighted by Crippen LogP contribution is -2.42. The average molecular weight is 345 g/mol. The Balaban J connectivity index is 1.57. The lowest BCUT2D eigenvalue weighted by atomic mass is 10.0. The van der Waals surface area contributed by atoms with Gasteiger partial charge < -0.3 is 9.15 Å². The van der Waals surface area contributed by atoms with Gasteiger partial charge in [-0.25, -0.2) is 5.43 Å². The summed E-state index contributed by atoms with van der Waals surface area (Å²) >= 11 is 0. The molecule has 25 heavy (non-hydrogen) atoms. The van der Waals surface area contributed by atoms with Crippen LogP contribution in [0.15, 0.2) is 34.7 Å². The van der Waals surface area contributed by atoms with E-state index < -0.39 is 0 Å². The summed E-state index contributed by atoms with van der Waals surface area (Å²) in [4.78, 5) is 14.0. The van der Waals surface area contributed by atoms with Crippen molar-refractivity contribution in [2.24, 2.45) is 5.92 Å². The quantitative estimate of drug-likeness (QED) is 0.713. The van der Waals surface area contributed by atoms with Crippen LogP contribution in [0.4, 0.5) is 0 Å². The van der Waals surface area contributed by atoms with Crippen LogP contribution in [-0.4, -0.2) is 53.9 Å². The van der Waals surface area contributed by atoms with E-state index in [0.29, 0.717) is 38.0 Å². The first kappa shape index (κ1) is 17.5. The number of ether oxygens (including phenoxy) is 1. The largest absolute Gasteiger partial charge is 0.465 e. The van der Waals surface area contributed by atoms with Crippen LogP contribution in [0.2, 0.25) is 0 Å². The molecule has 0 spiro atoms. The molecule has 1 aromatic heterocycles. The van der Waals surface area contributed by atoms with Gasteiger partial charge in [0, 0.05) is 24.6 Å². The van der Waals surface area contributed by atoms with Crippen molar-refractivity contribution in [2.75, 3.05) is 26.7 Å². The predicted octanol–water partition coefficient (Wildman–Crippen LogP) is 0.824. The molecule has 0 bridgehead atoms. The number of carbonyl (C=O) groups is 1. The molecule has 8 nitrogen and oxygen atoms in total. The van der Waals surface area contributed by atoms with E-state index in [1.54, 1.807) is 6.92 Å². The van der Waals surface area contributed by atoms with E-state index in [2.05, 4.69) is 25.9 Å². The third-order valence-corrected chi connectivity index (χ3v) is 4.07. The van der Waals surface area contributed by atoms with Gasteiger partial charge >= 0.3 is 5.97 Å². The van der Waals surface area contributed by atoms with Crippen molar-refractivity contribution < 1.29 is 13.9 Å². The summed E-state index contributed by atoms with van der Waals surface area (Å²) in [7, 11) is 1.97. The molecule has 3 rings (SSSR count). The van der Waals surface area contributed by atoms with Gasteiger partial charge in [-0.05, 0) is 26.1 Å². The van der Waals surface area contributed by atoms with Crippen LogP contribution < -0.4 is 10.9 Å². The number of aromatic nitrogens is 2. The number of hydrazine groups is 1. The van der Waals surface area contributed by atoms with Crippen LogP contribution in [-0.2, 0) is 16.1 Å².